The van der Waals surface area contributed by atoms with Crippen LogP contribution in [0, 0.1) is 18.6 Å². The molecular weight excluding hydrogens is 386 g/mol. The topological polar surface area (TPSA) is 75.3 Å². The van der Waals surface area contributed by atoms with E-state index in [-0.39, 0.29) is 10.8 Å². The minimum atomic E-state index is -4.22. The van der Waals surface area contributed by atoms with Crippen molar-refractivity contribution in [2.45, 2.75) is 11.8 Å². The molecule has 0 unspecified atom stereocenters. The second-order valence-corrected chi connectivity index (χ2v) is 7.68. The molecule has 0 radical (unpaired) electrons. The van der Waals surface area contributed by atoms with Gasteiger partial charge in [-0.15, -0.1) is 0 Å². The third kappa shape index (κ3) is 4.17. The van der Waals surface area contributed by atoms with Crippen LogP contribution in [0.3, 0.4) is 0 Å². The maximum Gasteiger partial charge on any atom is 0.262 e. The zero-order chi connectivity index (χ0) is 20.3. The van der Waals surface area contributed by atoms with Gasteiger partial charge in [0.05, 0.1) is 4.90 Å². The van der Waals surface area contributed by atoms with Crippen molar-refractivity contribution in [3.63, 3.8) is 0 Å². The highest BCUT2D eigenvalue weighted by molar-refractivity contribution is 7.92. The molecule has 0 saturated carbocycles. The zero-order valence-electron chi connectivity index (χ0n) is 14.7. The van der Waals surface area contributed by atoms with Gasteiger partial charge >= 0.3 is 0 Å². The van der Waals surface area contributed by atoms with Gasteiger partial charge in [-0.1, -0.05) is 24.3 Å². The van der Waals surface area contributed by atoms with Crippen LogP contribution < -0.4 is 10.0 Å². The number of para-hydroxylation sites is 1. The highest BCUT2D eigenvalue weighted by Gasteiger charge is 2.20. The molecule has 0 heterocycles. The predicted molar refractivity (Wildman–Crippen MR) is 103 cm³/mol. The van der Waals surface area contributed by atoms with E-state index < -0.39 is 27.3 Å². The van der Waals surface area contributed by atoms with Crippen molar-refractivity contribution in [2.24, 2.45) is 0 Å². The average Bonchev–Trinajstić information content (AvgIpc) is 2.67. The fraction of sp³-hybridized carbons (Fsp3) is 0.0500. The maximum absolute atomic E-state index is 13.7. The van der Waals surface area contributed by atoms with E-state index in [0.717, 1.165) is 18.2 Å². The summed E-state index contributed by atoms with van der Waals surface area (Å²) in [6.07, 6.45) is 0. The van der Waals surface area contributed by atoms with Crippen molar-refractivity contribution >= 4 is 27.3 Å². The summed E-state index contributed by atoms with van der Waals surface area (Å²) in [7, 11) is -4.22. The molecule has 5 nitrogen and oxygen atoms in total. The second-order valence-electron chi connectivity index (χ2n) is 6.00. The summed E-state index contributed by atoms with van der Waals surface area (Å²) in [5.41, 5.74) is 0.600. The SMILES string of the molecule is Cc1cc(S(=O)(=O)Nc2c(F)cccc2F)ccc1NC(=O)c1ccccc1. The minimum Gasteiger partial charge on any atom is -0.322 e. The Balaban J connectivity index is 1.84. The fourth-order valence-electron chi connectivity index (χ4n) is 2.52. The molecule has 0 bridgehead atoms. The van der Waals surface area contributed by atoms with Crippen LogP contribution in [0.2, 0.25) is 0 Å². The summed E-state index contributed by atoms with van der Waals surface area (Å²) in [5.74, 6) is -2.38. The van der Waals surface area contributed by atoms with Crippen LogP contribution in [0.15, 0.2) is 71.6 Å². The number of carbonyl (C=O) groups is 1. The molecule has 3 aromatic carbocycles. The summed E-state index contributed by atoms with van der Waals surface area (Å²) in [6.45, 7) is 1.61. The molecule has 0 saturated heterocycles. The van der Waals surface area contributed by atoms with Crippen LogP contribution in [0.5, 0.6) is 0 Å². The first-order valence-corrected chi connectivity index (χ1v) is 9.70. The van der Waals surface area contributed by atoms with Gasteiger partial charge < -0.3 is 5.32 Å². The van der Waals surface area contributed by atoms with Crippen molar-refractivity contribution in [3.05, 3.63) is 89.5 Å². The summed E-state index contributed by atoms with van der Waals surface area (Å²) < 4.78 is 54.3. The minimum absolute atomic E-state index is 0.189. The van der Waals surface area contributed by atoms with Gasteiger partial charge in [-0.05, 0) is 55.0 Å². The van der Waals surface area contributed by atoms with E-state index in [1.54, 1.807) is 37.3 Å². The average molecular weight is 402 g/mol. The van der Waals surface area contributed by atoms with Crippen molar-refractivity contribution in [3.8, 4) is 0 Å². The molecule has 0 aliphatic rings. The van der Waals surface area contributed by atoms with Crippen LogP contribution in [0.25, 0.3) is 0 Å². The first kappa shape index (κ1) is 19.5. The molecule has 3 aromatic rings. The Labute approximate surface area is 161 Å². The quantitative estimate of drug-likeness (QED) is 0.667. The smallest absolute Gasteiger partial charge is 0.262 e. The Morgan fingerprint density at radius 1 is 0.893 bits per heavy atom. The first-order chi connectivity index (χ1) is 13.3. The number of amides is 1. The number of sulfonamides is 1. The van der Waals surface area contributed by atoms with Gasteiger partial charge in [-0.25, -0.2) is 17.2 Å². The lowest BCUT2D eigenvalue weighted by Gasteiger charge is -2.13. The molecule has 0 aromatic heterocycles. The summed E-state index contributed by atoms with van der Waals surface area (Å²) >= 11 is 0. The second kappa shape index (κ2) is 7.77. The molecule has 0 aliphatic heterocycles. The standard InChI is InChI=1S/C20H16F2N2O3S/c1-13-12-15(28(26,27)24-19-16(21)8-5-9-17(19)22)10-11-18(13)23-20(25)14-6-3-2-4-7-14/h2-12,24H,1H3,(H,23,25). The van der Waals surface area contributed by atoms with Crippen molar-refractivity contribution in [2.75, 3.05) is 10.0 Å². The lowest BCUT2D eigenvalue weighted by Crippen LogP contribution is -2.16. The lowest BCUT2D eigenvalue weighted by atomic mass is 10.1. The number of nitrogens with one attached hydrogen (secondary N) is 2. The van der Waals surface area contributed by atoms with Crippen LogP contribution in [-0.4, -0.2) is 14.3 Å². The molecule has 2 N–H and O–H groups in total. The van der Waals surface area contributed by atoms with E-state index >= 15 is 0 Å². The third-order valence-corrected chi connectivity index (χ3v) is 5.34. The Morgan fingerprint density at radius 2 is 1.54 bits per heavy atom. The number of anilines is 2. The van der Waals surface area contributed by atoms with Gasteiger partial charge in [0.1, 0.15) is 17.3 Å². The zero-order valence-corrected chi connectivity index (χ0v) is 15.6. The monoisotopic (exact) mass is 402 g/mol. The highest BCUT2D eigenvalue weighted by Crippen LogP contribution is 2.25. The third-order valence-electron chi connectivity index (χ3n) is 3.99. The van der Waals surface area contributed by atoms with Crippen LogP contribution >= 0.6 is 0 Å². The summed E-state index contributed by atoms with van der Waals surface area (Å²) in [5, 5.41) is 2.70. The van der Waals surface area contributed by atoms with Crippen LogP contribution in [0.1, 0.15) is 15.9 Å². The molecular formula is C20H16F2N2O3S. The van der Waals surface area contributed by atoms with Crippen molar-refractivity contribution in [1.29, 1.82) is 0 Å². The van der Waals surface area contributed by atoms with E-state index in [1.807, 2.05) is 4.72 Å². The largest absolute Gasteiger partial charge is 0.322 e. The Hall–Kier alpha value is -3.26. The van der Waals surface area contributed by atoms with E-state index in [0.29, 0.717) is 16.8 Å². The van der Waals surface area contributed by atoms with Gasteiger partial charge in [0.2, 0.25) is 0 Å². The van der Waals surface area contributed by atoms with Gasteiger partial charge in [0.15, 0.2) is 0 Å². The van der Waals surface area contributed by atoms with E-state index in [2.05, 4.69) is 5.32 Å². The Bertz CT molecular complexity index is 1110. The van der Waals surface area contributed by atoms with Gasteiger partial charge in [0.25, 0.3) is 15.9 Å². The van der Waals surface area contributed by atoms with E-state index in [9.17, 15) is 22.0 Å². The number of benzene rings is 3. The lowest BCUT2D eigenvalue weighted by molar-refractivity contribution is 0.102. The number of aryl methyl sites for hydroxylation is 1. The molecule has 28 heavy (non-hydrogen) atoms. The number of halogens is 2. The van der Waals surface area contributed by atoms with Gasteiger partial charge in [-0.3, -0.25) is 9.52 Å². The number of carbonyl (C=O) groups excluding carboxylic acids is 1. The van der Waals surface area contributed by atoms with Gasteiger partial charge in [-0.2, -0.15) is 0 Å². The van der Waals surface area contributed by atoms with Crippen LogP contribution in [0.4, 0.5) is 20.2 Å². The highest BCUT2D eigenvalue weighted by atomic mass is 32.2. The Kier molecular flexibility index (Phi) is 5.41. The molecule has 0 fully saturated rings. The molecule has 3 rings (SSSR count). The predicted octanol–water partition coefficient (Wildman–Crippen LogP) is 4.33. The van der Waals surface area contributed by atoms with E-state index in [1.165, 1.54) is 18.2 Å². The molecule has 1 amide bonds. The number of rotatable bonds is 5. The summed E-state index contributed by atoms with van der Waals surface area (Å²) in [4.78, 5) is 12.0. The van der Waals surface area contributed by atoms with E-state index in [4.69, 9.17) is 0 Å². The maximum atomic E-state index is 13.7. The number of hydrogen-bond acceptors (Lipinski definition) is 3. The molecule has 144 valence electrons. The molecule has 0 aliphatic carbocycles. The molecule has 0 atom stereocenters. The number of hydrogen-bond donors (Lipinski definition) is 2. The van der Waals surface area contributed by atoms with Gasteiger partial charge in [0, 0.05) is 11.3 Å². The summed E-state index contributed by atoms with van der Waals surface area (Å²) in [6, 6.07) is 15.5. The van der Waals surface area contributed by atoms with Crippen molar-refractivity contribution < 1.29 is 22.0 Å². The fourth-order valence-corrected chi connectivity index (χ4v) is 3.68. The van der Waals surface area contributed by atoms with Crippen molar-refractivity contribution in [1.82, 2.24) is 0 Å². The first-order valence-electron chi connectivity index (χ1n) is 8.22. The van der Waals surface area contributed by atoms with Crippen LogP contribution in [-0.2, 0) is 10.0 Å². The normalized spacial score (nSPS) is 11.1. The Morgan fingerprint density at radius 3 is 2.14 bits per heavy atom. The molecule has 8 heteroatoms. The molecule has 0 spiro atoms.